The Hall–Kier alpha value is -4.41. The zero-order chi connectivity index (χ0) is 60.7. The van der Waals surface area contributed by atoms with Crippen LogP contribution < -0.4 is 11.1 Å². The highest BCUT2D eigenvalue weighted by Crippen LogP contribution is 2.43. The number of aliphatic hydroxyl groups is 4. The fraction of sp³-hybridized carbons (Fsp3) is 0.763. The molecule has 4 aliphatic rings. The van der Waals surface area contributed by atoms with Crippen molar-refractivity contribution in [3.05, 3.63) is 54.1 Å². The number of alkyl halides is 1. The number of hydrogen-bond acceptors (Lipinski definition) is 22. The highest BCUT2D eigenvalue weighted by molar-refractivity contribution is 5.89. The third-order valence-corrected chi connectivity index (χ3v) is 18.2. The van der Waals surface area contributed by atoms with Crippen LogP contribution in [-0.2, 0) is 53.9 Å². The van der Waals surface area contributed by atoms with Crippen molar-refractivity contribution in [3.8, 4) is 11.1 Å². The number of ether oxygens (including phenoxy) is 8. The van der Waals surface area contributed by atoms with Gasteiger partial charge in [-0.3, -0.25) is 4.79 Å². The summed E-state index contributed by atoms with van der Waals surface area (Å²) in [4.78, 5) is 31.1. The van der Waals surface area contributed by atoms with Gasteiger partial charge in [-0.25, -0.2) is 19.0 Å². The van der Waals surface area contributed by atoms with Gasteiger partial charge in [0.1, 0.15) is 48.8 Å². The number of nitrogen functional groups attached to an aromatic ring is 1. The van der Waals surface area contributed by atoms with Gasteiger partial charge in [0.05, 0.1) is 59.0 Å². The number of benzene rings is 1. The van der Waals surface area contributed by atoms with Gasteiger partial charge in [-0.2, -0.15) is 0 Å². The molecule has 83 heavy (non-hydrogen) atoms. The molecule has 0 amide bonds. The second-order valence-electron chi connectivity index (χ2n) is 24.3. The summed E-state index contributed by atoms with van der Waals surface area (Å²) < 4.78 is 68.1. The Kier molecular flexibility index (Phi) is 22.6. The smallest absolute Gasteiger partial charge is 0.311 e. The molecule has 24 heteroatoms. The number of oxime groups is 1. The summed E-state index contributed by atoms with van der Waals surface area (Å²) in [6.45, 7) is 18.7. The normalized spacial score (nSPS) is 38.2. The lowest BCUT2D eigenvalue weighted by Gasteiger charge is -2.50. The molecule has 4 fully saturated rings. The number of nitrogens with one attached hydrogen (secondary N) is 1. The number of nitrogens with zero attached hydrogens (tertiary/aromatic N) is 7. The third kappa shape index (κ3) is 15.1. The fourth-order valence-corrected chi connectivity index (χ4v) is 12.8. The van der Waals surface area contributed by atoms with Gasteiger partial charge in [0.15, 0.2) is 12.6 Å². The molecular weight excluding hydrogens is 1080 g/mol. The highest BCUT2D eigenvalue weighted by atomic mass is 19.1. The number of halogens is 1. The Bertz CT molecular complexity index is 2550. The van der Waals surface area contributed by atoms with E-state index in [4.69, 9.17) is 53.6 Å². The van der Waals surface area contributed by atoms with Gasteiger partial charge in [-0.1, -0.05) is 62.3 Å². The summed E-state index contributed by atoms with van der Waals surface area (Å²) in [7, 11) is 6.50. The number of hydrogen-bond donors (Lipinski definition) is 6. The van der Waals surface area contributed by atoms with Crippen LogP contribution in [0.3, 0.4) is 0 Å². The third-order valence-electron chi connectivity index (χ3n) is 18.2. The molecule has 2 aromatic heterocycles. The van der Waals surface area contributed by atoms with E-state index in [0.29, 0.717) is 37.3 Å². The number of carbonyl (C=O) groups is 1. The van der Waals surface area contributed by atoms with Crippen LogP contribution in [0.15, 0.2) is 48.0 Å². The second-order valence-corrected chi connectivity index (χ2v) is 24.3. The fourth-order valence-electron chi connectivity index (χ4n) is 12.8. The predicted molar refractivity (Wildman–Crippen MR) is 305 cm³/mol. The minimum absolute atomic E-state index is 0.0883. The number of esters is 1. The number of aromatic nitrogens is 5. The maximum Gasteiger partial charge on any atom is 0.311 e. The average Bonchev–Trinajstić information content (AvgIpc) is 4.21. The van der Waals surface area contributed by atoms with Gasteiger partial charge in [0, 0.05) is 102 Å². The number of cyclic esters (lactones) is 1. The average molecular weight is 1170 g/mol. The molecule has 0 radical (unpaired) electrons. The molecule has 1 aromatic carbocycles. The molecule has 0 saturated carbocycles. The maximum absolute atomic E-state index is 15.0. The van der Waals surface area contributed by atoms with Crippen LogP contribution >= 0.6 is 0 Å². The minimum atomic E-state index is -1.95. The van der Waals surface area contributed by atoms with Crippen molar-refractivity contribution in [2.45, 2.75) is 210 Å². The highest BCUT2D eigenvalue weighted by Gasteiger charge is 2.54. The van der Waals surface area contributed by atoms with Gasteiger partial charge in [0.25, 0.3) is 0 Å². The molecule has 0 aliphatic carbocycles. The largest absolute Gasteiger partial charge is 0.459 e. The molecule has 0 bridgehead atoms. The topological polar surface area (TPSA) is 291 Å². The lowest BCUT2D eigenvalue weighted by Crippen LogP contribution is -2.61. The van der Waals surface area contributed by atoms with Crippen LogP contribution in [0.2, 0.25) is 0 Å². The lowest BCUT2D eigenvalue weighted by molar-refractivity contribution is -0.319. The molecule has 6 heterocycles. The van der Waals surface area contributed by atoms with Crippen molar-refractivity contribution in [2.75, 3.05) is 60.4 Å². The predicted octanol–water partition coefficient (Wildman–Crippen LogP) is 4.75. The Morgan fingerprint density at radius 2 is 1.63 bits per heavy atom. The van der Waals surface area contributed by atoms with Crippen molar-refractivity contribution in [2.24, 2.45) is 28.8 Å². The quantitative estimate of drug-likeness (QED) is 0.0697. The Morgan fingerprint density at radius 1 is 0.940 bits per heavy atom. The molecule has 4 saturated heterocycles. The molecule has 23 nitrogen and oxygen atoms in total. The van der Waals surface area contributed by atoms with Crippen LogP contribution in [-0.4, -0.2) is 207 Å². The number of anilines is 1. The number of methoxy groups -OCH3 is 3. The minimum Gasteiger partial charge on any atom is -0.459 e. The Balaban J connectivity index is 1.18. The standard InChI is InChI=1S/C59H94FN9O14/c1-15-45-59(10,74)51(71)34(4)47(66-83-42-20-22-62-30-42)32(2)25-58(9,77-14)53(35(5)49(36(6)54(73)80-45)81-46-26-57(8,76-13)52(72)37(7)79-46)82-55-48(70)43(24-33(3)78-55)68(11)23-21-41-31-69(67-65-41)44(27-60)50(75-12)39-18-16-38(17-19-39)40-28-63-56(61)64-29-40/h16-19,28-29,31-37,42-46,48-53,55,62,70-72,74H,15,20-27,30H2,1-14H3,(H2,61,63,64)/b66-47+/t32-,33-,34+,35+,36-,37+,42-,43+,44-,45-,46+,48-,49+,50-,51-,52+,53-,55+,57-,58-,59-/m1/s1. The Morgan fingerprint density at radius 3 is 2.24 bits per heavy atom. The van der Waals surface area contributed by atoms with Gasteiger partial charge in [0.2, 0.25) is 5.95 Å². The van der Waals surface area contributed by atoms with E-state index in [1.165, 1.54) is 25.8 Å². The number of aliphatic hydroxyl groups excluding tert-OH is 3. The summed E-state index contributed by atoms with van der Waals surface area (Å²) in [5, 5.41) is 65.1. The van der Waals surface area contributed by atoms with E-state index in [-0.39, 0.29) is 31.3 Å². The first-order valence-corrected chi connectivity index (χ1v) is 29.3. The van der Waals surface area contributed by atoms with E-state index < -0.39 is 133 Å². The maximum atomic E-state index is 15.0. The van der Waals surface area contributed by atoms with E-state index >= 15 is 4.39 Å². The molecule has 7 rings (SSSR count). The first-order valence-electron chi connectivity index (χ1n) is 29.3. The molecule has 466 valence electrons. The first-order chi connectivity index (χ1) is 39.3. The van der Waals surface area contributed by atoms with E-state index in [1.807, 2.05) is 63.9 Å². The summed E-state index contributed by atoms with van der Waals surface area (Å²) in [5.41, 5.74) is 4.76. The number of rotatable bonds is 19. The monoisotopic (exact) mass is 1170 g/mol. The van der Waals surface area contributed by atoms with Crippen molar-refractivity contribution in [1.29, 1.82) is 0 Å². The van der Waals surface area contributed by atoms with E-state index in [1.54, 1.807) is 60.3 Å². The summed E-state index contributed by atoms with van der Waals surface area (Å²) in [5.74, 6) is -3.72. The van der Waals surface area contributed by atoms with E-state index in [0.717, 1.165) is 29.7 Å². The van der Waals surface area contributed by atoms with Crippen LogP contribution in [0, 0.1) is 23.7 Å². The second kappa shape index (κ2) is 28.4. The molecule has 4 aliphatic heterocycles. The van der Waals surface area contributed by atoms with Crippen molar-refractivity contribution < 1.29 is 72.3 Å². The summed E-state index contributed by atoms with van der Waals surface area (Å²) in [6.07, 6.45) is -4.34. The first kappa shape index (κ1) is 66.1. The van der Waals surface area contributed by atoms with Crippen LogP contribution in [0.5, 0.6) is 0 Å². The van der Waals surface area contributed by atoms with Crippen molar-refractivity contribution >= 4 is 17.6 Å². The summed E-state index contributed by atoms with van der Waals surface area (Å²) >= 11 is 0. The number of carbonyl (C=O) groups excluding carboxylic acids is 1. The molecule has 3 aromatic rings. The van der Waals surface area contributed by atoms with Gasteiger partial charge in [-0.15, -0.1) is 5.10 Å². The van der Waals surface area contributed by atoms with Crippen LogP contribution in [0.1, 0.15) is 125 Å². The molecule has 0 unspecified atom stereocenters. The zero-order valence-electron chi connectivity index (χ0n) is 51.0. The van der Waals surface area contributed by atoms with E-state index in [9.17, 15) is 25.2 Å². The number of nitrogens with two attached hydrogens (primary N) is 1. The summed E-state index contributed by atoms with van der Waals surface area (Å²) in [6, 6.07) is 6.18. The van der Waals surface area contributed by atoms with Crippen molar-refractivity contribution in [3.63, 3.8) is 0 Å². The zero-order valence-corrected chi connectivity index (χ0v) is 51.0. The van der Waals surface area contributed by atoms with Crippen molar-refractivity contribution in [1.82, 2.24) is 35.2 Å². The SMILES string of the molecule is CC[C@H]1OC(=O)[C@H](C)[C@@H](O[C@H]2C[C@@](C)(OC)[C@@H](O)[C@H](C)O2)[C@H](C)[C@@H](O[C@@H]2O[C@H](C)C[C@H](N(C)CCc3cn([C@H](CF)[C@H](OC)c4ccc(-c5cnc(N)nc5)cc4)nn3)[C@H]2O)[C@](C)(OC)C[C@@H](C)/C(=N\O[C@@H]2CCNC2)[C@H](C)[C@@H](O)[C@]1(C)O. The van der Waals surface area contributed by atoms with Crippen LogP contribution in [0.25, 0.3) is 11.1 Å². The van der Waals surface area contributed by atoms with Gasteiger partial charge in [-0.05, 0) is 85.5 Å². The van der Waals surface area contributed by atoms with Crippen LogP contribution in [0.4, 0.5) is 10.3 Å². The lowest BCUT2D eigenvalue weighted by atomic mass is 9.73. The molecular formula is C59H94FN9O14. The van der Waals surface area contributed by atoms with Gasteiger partial charge >= 0.3 is 5.97 Å². The number of likely N-dealkylation sites (N-methyl/N-ethyl adjacent to an activating group) is 1. The molecule has 7 N–H and O–H groups in total. The molecule has 21 atom stereocenters. The van der Waals surface area contributed by atoms with Gasteiger partial charge < -0.3 is 79.1 Å². The van der Waals surface area contributed by atoms with E-state index in [2.05, 4.69) is 25.6 Å². The Labute approximate surface area is 488 Å². The molecule has 0 spiro atoms.